The van der Waals surface area contributed by atoms with Crippen LogP contribution in [0.1, 0.15) is 35.0 Å². The first-order valence-electron chi connectivity index (χ1n) is 9.24. The van der Waals surface area contributed by atoms with Crippen molar-refractivity contribution in [2.24, 2.45) is 7.05 Å². The van der Waals surface area contributed by atoms with E-state index in [0.29, 0.717) is 12.0 Å². The standard InChI is InChI=1S/C22H24N4O2/c1-5-22(28)26(4)18-7-8-19(15(2)12-18)20-9-6-16(14-23-20)21(27)13-17-10-11-25(3)24-17/h6-12,14H,5,13H2,1-4H3. The van der Waals surface area contributed by atoms with E-state index in [2.05, 4.69) is 10.1 Å². The number of hydrogen-bond donors (Lipinski definition) is 0. The molecule has 0 saturated heterocycles. The number of amides is 1. The Kier molecular flexibility index (Phi) is 5.68. The van der Waals surface area contributed by atoms with E-state index in [1.807, 2.05) is 57.4 Å². The molecule has 0 unspecified atom stereocenters. The van der Waals surface area contributed by atoms with Crippen LogP contribution in [0, 0.1) is 6.92 Å². The molecule has 1 aromatic carbocycles. The van der Waals surface area contributed by atoms with Gasteiger partial charge in [0, 0.05) is 49.7 Å². The van der Waals surface area contributed by atoms with Crippen LogP contribution in [0.25, 0.3) is 11.3 Å². The molecule has 3 aromatic rings. The number of hydrogen-bond acceptors (Lipinski definition) is 4. The molecule has 1 amide bonds. The lowest BCUT2D eigenvalue weighted by Gasteiger charge is -2.18. The molecule has 6 heteroatoms. The van der Waals surface area contributed by atoms with E-state index in [1.165, 1.54) is 0 Å². The first-order chi connectivity index (χ1) is 13.4. The van der Waals surface area contributed by atoms with Crippen LogP contribution in [0.3, 0.4) is 0 Å². The number of ketones is 1. The highest BCUT2D eigenvalue weighted by Crippen LogP contribution is 2.26. The Morgan fingerprint density at radius 3 is 2.50 bits per heavy atom. The van der Waals surface area contributed by atoms with Crippen LogP contribution in [0.15, 0.2) is 48.8 Å². The molecule has 2 aromatic heterocycles. The molecule has 0 aliphatic rings. The second-order valence-corrected chi connectivity index (χ2v) is 6.82. The molecule has 0 spiro atoms. The number of nitrogens with zero attached hydrogens (tertiary/aromatic N) is 4. The van der Waals surface area contributed by atoms with Crippen molar-refractivity contribution >= 4 is 17.4 Å². The van der Waals surface area contributed by atoms with Gasteiger partial charge in [-0.15, -0.1) is 0 Å². The summed E-state index contributed by atoms with van der Waals surface area (Å²) in [6, 6.07) is 11.3. The Morgan fingerprint density at radius 2 is 1.93 bits per heavy atom. The lowest BCUT2D eigenvalue weighted by Crippen LogP contribution is -2.25. The number of aromatic nitrogens is 3. The fourth-order valence-electron chi connectivity index (χ4n) is 3.07. The normalized spacial score (nSPS) is 10.7. The summed E-state index contributed by atoms with van der Waals surface area (Å²) < 4.78 is 1.68. The molecule has 2 heterocycles. The van der Waals surface area contributed by atoms with Gasteiger partial charge in [0.2, 0.25) is 5.91 Å². The van der Waals surface area contributed by atoms with E-state index in [9.17, 15) is 9.59 Å². The summed E-state index contributed by atoms with van der Waals surface area (Å²) in [5.41, 5.74) is 4.96. The van der Waals surface area contributed by atoms with Crippen LogP contribution in [0.2, 0.25) is 0 Å². The van der Waals surface area contributed by atoms with Crippen molar-refractivity contribution in [2.45, 2.75) is 26.7 Å². The minimum absolute atomic E-state index is 0.00970. The molecule has 0 fully saturated rings. The van der Waals surface area contributed by atoms with Crippen molar-refractivity contribution in [3.8, 4) is 11.3 Å². The van der Waals surface area contributed by atoms with Crippen LogP contribution < -0.4 is 4.90 Å². The van der Waals surface area contributed by atoms with Crippen LogP contribution in [-0.4, -0.2) is 33.5 Å². The molecule has 0 aliphatic carbocycles. The zero-order valence-corrected chi connectivity index (χ0v) is 16.6. The Bertz CT molecular complexity index is 1010. The van der Waals surface area contributed by atoms with Crippen molar-refractivity contribution in [3.05, 3.63) is 65.6 Å². The first-order valence-corrected chi connectivity index (χ1v) is 9.24. The Morgan fingerprint density at radius 1 is 1.14 bits per heavy atom. The number of Topliss-reactive ketones (excluding diaryl/α,β-unsaturated/α-hetero) is 1. The van der Waals surface area contributed by atoms with Gasteiger partial charge in [-0.05, 0) is 42.8 Å². The number of rotatable bonds is 6. The summed E-state index contributed by atoms with van der Waals surface area (Å²) in [4.78, 5) is 30.4. The predicted molar refractivity (Wildman–Crippen MR) is 109 cm³/mol. The number of pyridine rings is 1. The lowest BCUT2D eigenvalue weighted by atomic mass is 10.0. The van der Waals surface area contributed by atoms with Crippen molar-refractivity contribution in [1.82, 2.24) is 14.8 Å². The fraction of sp³-hybridized carbons (Fsp3) is 0.273. The van der Waals surface area contributed by atoms with Gasteiger partial charge in [0.05, 0.1) is 17.8 Å². The summed E-state index contributed by atoms with van der Waals surface area (Å²) in [5, 5.41) is 4.24. The van der Waals surface area contributed by atoms with Gasteiger partial charge in [0.1, 0.15) is 0 Å². The monoisotopic (exact) mass is 376 g/mol. The number of aryl methyl sites for hydroxylation is 2. The largest absolute Gasteiger partial charge is 0.316 e. The van der Waals surface area contributed by atoms with Gasteiger partial charge in [0.25, 0.3) is 0 Å². The fourth-order valence-corrected chi connectivity index (χ4v) is 3.07. The van der Waals surface area contributed by atoms with Gasteiger partial charge in [-0.25, -0.2) is 0 Å². The summed E-state index contributed by atoms with van der Waals surface area (Å²) in [6.45, 7) is 3.84. The highest BCUT2D eigenvalue weighted by atomic mass is 16.2. The van der Waals surface area contributed by atoms with Crippen molar-refractivity contribution in [1.29, 1.82) is 0 Å². The maximum Gasteiger partial charge on any atom is 0.226 e. The van der Waals surface area contributed by atoms with Gasteiger partial charge in [-0.2, -0.15) is 5.10 Å². The summed E-state index contributed by atoms with van der Waals surface area (Å²) in [5.74, 6) is 0.0607. The molecule has 6 nitrogen and oxygen atoms in total. The third-order valence-electron chi connectivity index (χ3n) is 4.75. The molecule has 0 bridgehead atoms. The quantitative estimate of drug-likeness (QED) is 0.617. The molecule has 0 N–H and O–H groups in total. The van der Waals surface area contributed by atoms with Crippen LogP contribution >= 0.6 is 0 Å². The molecular formula is C22H24N4O2. The van der Waals surface area contributed by atoms with E-state index in [1.54, 1.807) is 28.9 Å². The minimum atomic E-state index is -0.00970. The SMILES string of the molecule is CCC(=O)N(C)c1ccc(-c2ccc(C(=O)Cc3ccn(C)n3)cn2)c(C)c1. The molecule has 0 aliphatic heterocycles. The van der Waals surface area contributed by atoms with E-state index in [0.717, 1.165) is 28.2 Å². The molecule has 28 heavy (non-hydrogen) atoms. The average molecular weight is 376 g/mol. The van der Waals surface area contributed by atoms with Gasteiger partial charge >= 0.3 is 0 Å². The van der Waals surface area contributed by atoms with E-state index in [-0.39, 0.29) is 18.1 Å². The number of carbonyl (C=O) groups excluding carboxylic acids is 2. The Hall–Kier alpha value is -3.28. The number of carbonyl (C=O) groups is 2. The average Bonchev–Trinajstić information content (AvgIpc) is 3.11. The van der Waals surface area contributed by atoms with E-state index >= 15 is 0 Å². The van der Waals surface area contributed by atoms with Crippen LogP contribution in [-0.2, 0) is 18.3 Å². The van der Waals surface area contributed by atoms with Gasteiger partial charge in [-0.1, -0.05) is 13.0 Å². The third-order valence-corrected chi connectivity index (χ3v) is 4.75. The van der Waals surface area contributed by atoms with Crippen molar-refractivity contribution < 1.29 is 9.59 Å². The van der Waals surface area contributed by atoms with Crippen molar-refractivity contribution in [2.75, 3.05) is 11.9 Å². The van der Waals surface area contributed by atoms with E-state index < -0.39 is 0 Å². The van der Waals surface area contributed by atoms with E-state index in [4.69, 9.17) is 0 Å². The Labute approximate surface area is 164 Å². The Balaban J connectivity index is 1.77. The zero-order chi connectivity index (χ0) is 20.3. The molecule has 3 rings (SSSR count). The van der Waals surface area contributed by atoms with Crippen LogP contribution in [0.5, 0.6) is 0 Å². The second kappa shape index (κ2) is 8.17. The third kappa shape index (κ3) is 4.17. The molecule has 144 valence electrons. The predicted octanol–water partition coefficient (Wildman–Crippen LogP) is 3.59. The topological polar surface area (TPSA) is 68.1 Å². The lowest BCUT2D eigenvalue weighted by molar-refractivity contribution is -0.118. The highest BCUT2D eigenvalue weighted by Gasteiger charge is 2.13. The van der Waals surface area contributed by atoms with Gasteiger partial charge in [-0.3, -0.25) is 19.3 Å². The van der Waals surface area contributed by atoms with Crippen molar-refractivity contribution in [3.63, 3.8) is 0 Å². The second-order valence-electron chi connectivity index (χ2n) is 6.82. The summed E-state index contributed by atoms with van der Waals surface area (Å²) >= 11 is 0. The smallest absolute Gasteiger partial charge is 0.226 e. The zero-order valence-electron chi connectivity index (χ0n) is 16.6. The molecule has 0 atom stereocenters. The van der Waals surface area contributed by atoms with Gasteiger partial charge < -0.3 is 4.90 Å². The van der Waals surface area contributed by atoms with Crippen LogP contribution in [0.4, 0.5) is 5.69 Å². The molecule has 0 radical (unpaired) electrons. The molecule has 0 saturated carbocycles. The minimum Gasteiger partial charge on any atom is -0.316 e. The number of anilines is 1. The highest BCUT2D eigenvalue weighted by molar-refractivity contribution is 5.97. The summed E-state index contributed by atoms with van der Waals surface area (Å²) in [6.07, 6.45) is 4.16. The first kappa shape index (κ1) is 19.5. The maximum absolute atomic E-state index is 12.4. The summed E-state index contributed by atoms with van der Waals surface area (Å²) in [7, 11) is 3.61. The number of benzene rings is 1. The van der Waals surface area contributed by atoms with Gasteiger partial charge in [0.15, 0.2) is 5.78 Å². The maximum atomic E-state index is 12.4. The molecular weight excluding hydrogens is 352 g/mol.